The third kappa shape index (κ3) is 4.56. The van der Waals surface area contributed by atoms with Crippen LogP contribution in [0.2, 0.25) is 0 Å². The van der Waals surface area contributed by atoms with E-state index >= 15 is 0 Å². The number of carbonyl (C=O) groups is 2. The number of amides is 2. The number of nitrogens with two attached hydrogens (primary N) is 1. The number of likely N-dealkylation sites (N-methyl/N-ethyl adjacent to an activating group) is 1. The van der Waals surface area contributed by atoms with Gasteiger partial charge in [0.1, 0.15) is 10.8 Å². The molecule has 0 fully saturated rings. The molecule has 1 heterocycles. The first kappa shape index (κ1) is 18.0. The summed E-state index contributed by atoms with van der Waals surface area (Å²) in [5, 5.41) is 4.93. The molecule has 2 amide bonds. The van der Waals surface area contributed by atoms with Crippen LogP contribution in [-0.4, -0.2) is 37.4 Å². The molecule has 24 heavy (non-hydrogen) atoms. The molecule has 7 heteroatoms. The van der Waals surface area contributed by atoms with Crippen LogP contribution in [0.3, 0.4) is 0 Å². The molecule has 6 nitrogen and oxygen atoms in total. The highest BCUT2D eigenvalue weighted by Gasteiger charge is 2.14. The number of ether oxygens (including phenoxy) is 1. The summed E-state index contributed by atoms with van der Waals surface area (Å²) in [6, 6.07) is 7.54. The van der Waals surface area contributed by atoms with E-state index in [1.165, 1.54) is 11.3 Å². The van der Waals surface area contributed by atoms with Crippen molar-refractivity contribution in [2.24, 2.45) is 5.73 Å². The van der Waals surface area contributed by atoms with Gasteiger partial charge in [-0.2, -0.15) is 0 Å². The number of hydrogen-bond acceptors (Lipinski definition) is 5. The van der Waals surface area contributed by atoms with Crippen molar-refractivity contribution in [3.05, 3.63) is 46.3 Å². The first-order valence-corrected chi connectivity index (χ1v) is 8.28. The van der Waals surface area contributed by atoms with Gasteiger partial charge in [-0.3, -0.25) is 14.5 Å². The van der Waals surface area contributed by atoms with Crippen molar-refractivity contribution in [1.29, 1.82) is 0 Å². The van der Waals surface area contributed by atoms with Gasteiger partial charge in [-0.05, 0) is 31.5 Å². The van der Waals surface area contributed by atoms with Gasteiger partial charge < -0.3 is 15.8 Å². The summed E-state index contributed by atoms with van der Waals surface area (Å²) in [4.78, 5) is 25.3. The molecule has 2 aromatic rings. The fourth-order valence-corrected chi connectivity index (χ4v) is 3.20. The lowest BCUT2D eigenvalue weighted by atomic mass is 10.1. The summed E-state index contributed by atoms with van der Waals surface area (Å²) in [6.07, 6.45) is 0. The first-order chi connectivity index (χ1) is 11.4. The lowest BCUT2D eigenvalue weighted by molar-refractivity contribution is -0.117. The minimum absolute atomic E-state index is 0.188. The molecule has 0 spiro atoms. The third-order valence-electron chi connectivity index (χ3n) is 3.47. The second-order valence-corrected chi connectivity index (χ2v) is 6.48. The summed E-state index contributed by atoms with van der Waals surface area (Å²) >= 11 is 1.27. The number of thiophene rings is 1. The van der Waals surface area contributed by atoms with E-state index < -0.39 is 5.91 Å². The second kappa shape index (κ2) is 7.94. The van der Waals surface area contributed by atoms with Crippen LogP contribution < -0.4 is 15.8 Å². The highest BCUT2D eigenvalue weighted by Crippen LogP contribution is 2.23. The fraction of sp³-hybridized carbons (Fsp3) is 0.294. The quantitative estimate of drug-likeness (QED) is 0.804. The van der Waals surface area contributed by atoms with Gasteiger partial charge in [0.25, 0.3) is 5.91 Å². The zero-order chi connectivity index (χ0) is 17.7. The Bertz CT molecular complexity index is 742. The monoisotopic (exact) mass is 347 g/mol. The zero-order valence-electron chi connectivity index (χ0n) is 14.0. The molecular weight excluding hydrogens is 326 g/mol. The molecule has 1 aromatic carbocycles. The zero-order valence-corrected chi connectivity index (χ0v) is 14.8. The van der Waals surface area contributed by atoms with Crippen molar-refractivity contribution in [3.63, 3.8) is 0 Å². The van der Waals surface area contributed by atoms with Crippen LogP contribution in [0, 0.1) is 6.92 Å². The number of nitrogens with one attached hydrogen (secondary N) is 1. The SMILES string of the molecule is COc1ccc(C)cc1CN(C)CC(=O)Nc1sccc1C(N)=O. The van der Waals surface area contributed by atoms with Gasteiger partial charge in [-0.1, -0.05) is 17.7 Å². The van der Waals surface area contributed by atoms with Crippen molar-refractivity contribution in [1.82, 2.24) is 4.90 Å². The second-order valence-electron chi connectivity index (χ2n) is 5.56. The Labute approximate surface area is 145 Å². The maximum atomic E-state index is 12.2. The fourth-order valence-electron chi connectivity index (χ4n) is 2.39. The Hall–Kier alpha value is -2.38. The summed E-state index contributed by atoms with van der Waals surface area (Å²) in [5.41, 5.74) is 7.75. The Kier molecular flexibility index (Phi) is 5.94. The molecule has 0 aliphatic heterocycles. The van der Waals surface area contributed by atoms with E-state index in [0.29, 0.717) is 17.1 Å². The molecule has 1 aromatic heterocycles. The predicted octanol–water partition coefficient (Wildman–Crippen LogP) is 2.23. The van der Waals surface area contributed by atoms with Crippen molar-refractivity contribution >= 4 is 28.2 Å². The number of methoxy groups -OCH3 is 1. The van der Waals surface area contributed by atoms with Crippen LogP contribution in [0.5, 0.6) is 5.75 Å². The number of benzene rings is 1. The number of anilines is 1. The first-order valence-electron chi connectivity index (χ1n) is 7.40. The van der Waals surface area contributed by atoms with Gasteiger partial charge in [0.15, 0.2) is 0 Å². The molecule has 0 aliphatic rings. The maximum Gasteiger partial charge on any atom is 0.251 e. The van der Waals surface area contributed by atoms with E-state index in [-0.39, 0.29) is 12.5 Å². The Balaban J connectivity index is 1.98. The van der Waals surface area contributed by atoms with Gasteiger partial charge in [0.05, 0.1) is 19.2 Å². The van der Waals surface area contributed by atoms with Gasteiger partial charge in [0.2, 0.25) is 5.91 Å². The van der Waals surface area contributed by atoms with Crippen LogP contribution in [0.1, 0.15) is 21.5 Å². The normalized spacial score (nSPS) is 10.7. The van der Waals surface area contributed by atoms with Crippen LogP contribution in [0.15, 0.2) is 29.6 Å². The van der Waals surface area contributed by atoms with E-state index in [1.807, 2.05) is 37.1 Å². The summed E-state index contributed by atoms with van der Waals surface area (Å²) < 4.78 is 5.36. The standard InChI is InChI=1S/C17H21N3O3S/c1-11-4-5-14(23-3)12(8-11)9-20(2)10-15(21)19-17-13(16(18)22)6-7-24-17/h4-8H,9-10H2,1-3H3,(H2,18,22)(H,19,21). The van der Waals surface area contributed by atoms with Crippen LogP contribution in [0.4, 0.5) is 5.00 Å². The van der Waals surface area contributed by atoms with E-state index in [9.17, 15) is 9.59 Å². The molecule has 0 atom stereocenters. The third-order valence-corrected chi connectivity index (χ3v) is 4.30. The molecule has 0 bridgehead atoms. The minimum atomic E-state index is -0.551. The van der Waals surface area contributed by atoms with Gasteiger partial charge in [-0.25, -0.2) is 0 Å². The summed E-state index contributed by atoms with van der Waals surface area (Å²) in [6.45, 7) is 2.77. The van der Waals surface area contributed by atoms with Gasteiger partial charge in [0, 0.05) is 12.1 Å². The van der Waals surface area contributed by atoms with Crippen molar-refractivity contribution < 1.29 is 14.3 Å². The number of hydrogen-bond donors (Lipinski definition) is 2. The average Bonchev–Trinajstić information content (AvgIpc) is 2.95. The topological polar surface area (TPSA) is 84.7 Å². The molecule has 0 saturated carbocycles. The smallest absolute Gasteiger partial charge is 0.251 e. The van der Waals surface area contributed by atoms with Crippen molar-refractivity contribution in [2.75, 3.05) is 26.0 Å². The van der Waals surface area contributed by atoms with E-state index in [2.05, 4.69) is 5.32 Å². The maximum absolute atomic E-state index is 12.2. The highest BCUT2D eigenvalue weighted by molar-refractivity contribution is 7.14. The molecule has 0 aliphatic carbocycles. The molecule has 0 radical (unpaired) electrons. The lowest BCUT2D eigenvalue weighted by Crippen LogP contribution is -2.30. The summed E-state index contributed by atoms with van der Waals surface area (Å²) in [7, 11) is 3.48. The Morgan fingerprint density at radius 2 is 2.08 bits per heavy atom. The molecule has 3 N–H and O–H groups in total. The molecule has 128 valence electrons. The van der Waals surface area contributed by atoms with E-state index in [4.69, 9.17) is 10.5 Å². The molecule has 2 rings (SSSR count). The Morgan fingerprint density at radius 1 is 1.33 bits per heavy atom. The van der Waals surface area contributed by atoms with E-state index in [1.54, 1.807) is 18.6 Å². The van der Waals surface area contributed by atoms with Gasteiger partial charge >= 0.3 is 0 Å². The highest BCUT2D eigenvalue weighted by atomic mass is 32.1. The number of carbonyl (C=O) groups excluding carboxylic acids is 2. The van der Waals surface area contributed by atoms with Crippen LogP contribution >= 0.6 is 11.3 Å². The average molecular weight is 347 g/mol. The number of rotatable bonds is 7. The minimum Gasteiger partial charge on any atom is -0.496 e. The largest absolute Gasteiger partial charge is 0.496 e. The number of primary amides is 1. The Morgan fingerprint density at radius 3 is 2.75 bits per heavy atom. The molecule has 0 saturated heterocycles. The lowest BCUT2D eigenvalue weighted by Gasteiger charge is -2.18. The van der Waals surface area contributed by atoms with Crippen LogP contribution in [-0.2, 0) is 11.3 Å². The molecule has 0 unspecified atom stereocenters. The van der Waals surface area contributed by atoms with E-state index in [0.717, 1.165) is 16.9 Å². The number of aryl methyl sites for hydroxylation is 1. The van der Waals surface area contributed by atoms with Crippen molar-refractivity contribution in [2.45, 2.75) is 13.5 Å². The number of nitrogens with zero attached hydrogens (tertiary/aromatic N) is 1. The predicted molar refractivity (Wildman–Crippen MR) is 95.5 cm³/mol. The summed E-state index contributed by atoms with van der Waals surface area (Å²) in [5.74, 6) is 0.0422. The van der Waals surface area contributed by atoms with Crippen molar-refractivity contribution in [3.8, 4) is 5.75 Å². The van der Waals surface area contributed by atoms with Gasteiger partial charge in [-0.15, -0.1) is 11.3 Å². The van der Waals surface area contributed by atoms with Crippen LogP contribution in [0.25, 0.3) is 0 Å². The molecular formula is C17H21N3O3S.